The lowest BCUT2D eigenvalue weighted by atomic mass is 9.76. The lowest BCUT2D eigenvalue weighted by Crippen LogP contribution is -2.47. The first-order chi connectivity index (χ1) is 10.2. The lowest BCUT2D eigenvalue weighted by Gasteiger charge is -2.43. The number of piperazine rings is 1. The average Bonchev–Trinajstić information content (AvgIpc) is 2.46. The zero-order valence-corrected chi connectivity index (χ0v) is 12.4. The molecular weight excluding hydrogens is 271 g/mol. The van der Waals surface area contributed by atoms with Crippen LogP contribution in [0.5, 0.6) is 11.5 Å². The van der Waals surface area contributed by atoms with Crippen LogP contribution in [0.25, 0.3) is 0 Å². The molecule has 1 aromatic carbocycles. The van der Waals surface area contributed by atoms with E-state index in [0.29, 0.717) is 11.5 Å². The molecule has 0 unspecified atom stereocenters. The van der Waals surface area contributed by atoms with Gasteiger partial charge in [0, 0.05) is 43.9 Å². The van der Waals surface area contributed by atoms with Gasteiger partial charge < -0.3 is 15.2 Å². The summed E-state index contributed by atoms with van der Waals surface area (Å²) >= 11 is 0. The molecule has 0 aromatic heterocycles. The molecule has 116 valence electrons. The maximum absolute atomic E-state index is 13.9. The first-order valence-corrected chi connectivity index (χ1v) is 7.72. The average molecular weight is 294 g/mol. The molecule has 0 bridgehead atoms. The number of aromatic hydroxyl groups is 1. The van der Waals surface area contributed by atoms with Crippen LogP contribution in [0.2, 0.25) is 0 Å². The summed E-state index contributed by atoms with van der Waals surface area (Å²) in [5.41, 5.74) is 0.679. The zero-order chi connectivity index (χ0) is 14.8. The van der Waals surface area contributed by atoms with Crippen LogP contribution in [0.4, 0.5) is 4.39 Å². The van der Waals surface area contributed by atoms with E-state index in [1.807, 2.05) is 0 Å². The quantitative estimate of drug-likeness (QED) is 0.894. The van der Waals surface area contributed by atoms with Crippen LogP contribution in [-0.4, -0.2) is 43.3 Å². The van der Waals surface area contributed by atoms with Crippen molar-refractivity contribution < 1.29 is 14.2 Å². The Labute approximate surface area is 124 Å². The van der Waals surface area contributed by atoms with Gasteiger partial charge in [-0.2, -0.15) is 0 Å². The maximum atomic E-state index is 13.9. The monoisotopic (exact) mass is 294 g/mol. The Bertz CT molecular complexity index is 499. The number of phenols is 1. The summed E-state index contributed by atoms with van der Waals surface area (Å²) in [4.78, 5) is 2.37. The third kappa shape index (κ3) is 2.85. The van der Waals surface area contributed by atoms with Crippen molar-refractivity contribution in [1.82, 2.24) is 10.2 Å². The van der Waals surface area contributed by atoms with E-state index in [2.05, 4.69) is 10.2 Å². The van der Waals surface area contributed by atoms with Crippen molar-refractivity contribution in [3.05, 3.63) is 23.5 Å². The molecule has 1 aliphatic heterocycles. The summed E-state index contributed by atoms with van der Waals surface area (Å²) in [6, 6.07) is 2.81. The van der Waals surface area contributed by atoms with Gasteiger partial charge in [-0.3, -0.25) is 4.90 Å². The second kappa shape index (κ2) is 6.20. The van der Waals surface area contributed by atoms with Gasteiger partial charge in [0.2, 0.25) is 0 Å². The van der Waals surface area contributed by atoms with Crippen molar-refractivity contribution >= 4 is 0 Å². The number of rotatable bonds is 4. The molecule has 4 nitrogen and oxygen atoms in total. The van der Waals surface area contributed by atoms with Crippen molar-refractivity contribution in [3.8, 4) is 11.5 Å². The van der Waals surface area contributed by atoms with Gasteiger partial charge in [-0.05, 0) is 24.8 Å². The van der Waals surface area contributed by atoms with Crippen molar-refractivity contribution in [3.63, 3.8) is 0 Å². The first-order valence-electron chi connectivity index (χ1n) is 7.72. The molecule has 5 heteroatoms. The Balaban J connectivity index is 1.97. The molecule has 2 aliphatic rings. The van der Waals surface area contributed by atoms with E-state index < -0.39 is 0 Å². The molecule has 0 spiro atoms. The summed E-state index contributed by atoms with van der Waals surface area (Å²) in [6.07, 6.45) is 3.51. The Hall–Kier alpha value is -1.33. The Morgan fingerprint density at radius 3 is 2.62 bits per heavy atom. The van der Waals surface area contributed by atoms with Gasteiger partial charge in [0.1, 0.15) is 5.82 Å². The minimum Gasteiger partial charge on any atom is -0.504 e. The molecule has 1 atom stereocenters. The van der Waals surface area contributed by atoms with Crippen molar-refractivity contribution in [2.45, 2.75) is 25.3 Å². The van der Waals surface area contributed by atoms with Gasteiger partial charge in [0.05, 0.1) is 7.11 Å². The number of ether oxygens (including phenoxy) is 1. The number of hydrogen-bond acceptors (Lipinski definition) is 4. The molecule has 21 heavy (non-hydrogen) atoms. The second-order valence-corrected chi connectivity index (χ2v) is 5.97. The highest BCUT2D eigenvalue weighted by Gasteiger charge is 2.36. The highest BCUT2D eigenvalue weighted by Crippen LogP contribution is 2.46. The van der Waals surface area contributed by atoms with E-state index in [1.54, 1.807) is 0 Å². The summed E-state index contributed by atoms with van der Waals surface area (Å²) in [5.74, 6) is 0.471. The molecule has 2 N–H and O–H groups in total. The fourth-order valence-corrected chi connectivity index (χ4v) is 3.44. The highest BCUT2D eigenvalue weighted by atomic mass is 19.1. The van der Waals surface area contributed by atoms with E-state index in [9.17, 15) is 9.50 Å². The first kappa shape index (κ1) is 14.6. The molecule has 1 aliphatic carbocycles. The number of nitrogens with zero attached hydrogens (tertiary/aromatic N) is 1. The predicted molar refractivity (Wildman–Crippen MR) is 79.1 cm³/mol. The number of halogens is 1. The van der Waals surface area contributed by atoms with Gasteiger partial charge in [-0.25, -0.2) is 4.39 Å². The SMILES string of the molecule is COc1cc(F)cc([C@@H](C2CCC2)N2CCNCC2)c1O. The van der Waals surface area contributed by atoms with Crippen molar-refractivity contribution in [2.24, 2.45) is 5.92 Å². The number of methoxy groups -OCH3 is 1. The van der Waals surface area contributed by atoms with Crippen molar-refractivity contribution in [2.75, 3.05) is 33.3 Å². The van der Waals surface area contributed by atoms with E-state index in [1.165, 1.54) is 25.7 Å². The normalized spacial score (nSPS) is 21.8. The molecule has 2 fully saturated rings. The fourth-order valence-electron chi connectivity index (χ4n) is 3.44. The Morgan fingerprint density at radius 2 is 2.05 bits per heavy atom. The molecule has 1 saturated carbocycles. The van der Waals surface area contributed by atoms with Gasteiger partial charge in [0.25, 0.3) is 0 Å². The van der Waals surface area contributed by atoms with Gasteiger partial charge in [-0.15, -0.1) is 0 Å². The van der Waals surface area contributed by atoms with Gasteiger partial charge in [0.15, 0.2) is 11.5 Å². The third-order valence-electron chi connectivity index (χ3n) is 4.75. The second-order valence-electron chi connectivity index (χ2n) is 5.97. The predicted octanol–water partition coefficient (Wildman–Crippen LogP) is 2.29. The van der Waals surface area contributed by atoms with Crippen LogP contribution in [0.1, 0.15) is 30.9 Å². The Kier molecular flexibility index (Phi) is 4.31. The van der Waals surface area contributed by atoms with Gasteiger partial charge in [-0.1, -0.05) is 6.42 Å². The van der Waals surface area contributed by atoms with Crippen LogP contribution in [0.3, 0.4) is 0 Å². The molecule has 0 amide bonds. The zero-order valence-electron chi connectivity index (χ0n) is 12.4. The number of benzene rings is 1. The van der Waals surface area contributed by atoms with E-state index in [0.717, 1.165) is 39.0 Å². The largest absolute Gasteiger partial charge is 0.504 e. The summed E-state index contributed by atoms with van der Waals surface area (Å²) in [5, 5.41) is 13.8. The molecule has 0 radical (unpaired) electrons. The van der Waals surface area contributed by atoms with Crippen LogP contribution >= 0.6 is 0 Å². The van der Waals surface area contributed by atoms with E-state index in [-0.39, 0.29) is 23.4 Å². The third-order valence-corrected chi connectivity index (χ3v) is 4.75. The maximum Gasteiger partial charge on any atom is 0.163 e. The van der Waals surface area contributed by atoms with E-state index >= 15 is 0 Å². The number of hydrogen-bond donors (Lipinski definition) is 2. The molecular formula is C16H23FN2O2. The van der Waals surface area contributed by atoms with Gasteiger partial charge >= 0.3 is 0 Å². The summed E-state index contributed by atoms with van der Waals surface area (Å²) < 4.78 is 19.0. The van der Waals surface area contributed by atoms with E-state index in [4.69, 9.17) is 4.74 Å². The molecule has 1 saturated heterocycles. The summed E-state index contributed by atoms with van der Waals surface area (Å²) in [6.45, 7) is 3.74. The minimum absolute atomic E-state index is 0.0884. The van der Waals surface area contributed by atoms with Crippen LogP contribution in [0, 0.1) is 11.7 Å². The lowest BCUT2D eigenvalue weighted by molar-refractivity contribution is 0.0814. The van der Waals surface area contributed by atoms with Crippen LogP contribution < -0.4 is 10.1 Å². The Morgan fingerprint density at radius 1 is 1.33 bits per heavy atom. The standard InChI is InChI=1S/C16H23FN2O2/c1-21-14-10-12(17)9-13(16(14)20)15(11-3-2-4-11)19-7-5-18-6-8-19/h9-11,15,18,20H,2-8H2,1H3/t15-/m1/s1. The topological polar surface area (TPSA) is 44.7 Å². The molecule has 3 rings (SSSR count). The van der Waals surface area contributed by atoms with Crippen molar-refractivity contribution in [1.29, 1.82) is 0 Å². The smallest absolute Gasteiger partial charge is 0.163 e. The van der Waals surface area contributed by atoms with Crippen LogP contribution in [0.15, 0.2) is 12.1 Å². The fraction of sp³-hybridized carbons (Fsp3) is 0.625. The number of phenolic OH excluding ortho intramolecular Hbond substituents is 1. The minimum atomic E-state index is -0.348. The highest BCUT2D eigenvalue weighted by molar-refractivity contribution is 5.47. The van der Waals surface area contributed by atoms with Crippen LogP contribution in [-0.2, 0) is 0 Å². The molecule has 1 aromatic rings. The summed E-state index contributed by atoms with van der Waals surface area (Å²) in [7, 11) is 1.46. The molecule has 1 heterocycles. The number of nitrogens with one attached hydrogen (secondary N) is 1.